The molecule has 0 saturated carbocycles. The molecule has 0 aliphatic rings. The number of likely N-dealkylation sites (N-methyl/N-ethyl adjacent to an activating group) is 2. The molecule has 0 saturated heterocycles. The topological polar surface area (TPSA) is 75.4 Å². The number of hydrogen-bond acceptors (Lipinski definition) is 7. The third kappa shape index (κ3) is 8.61. The minimum Gasteiger partial charge on any atom is -0.318 e. The van der Waals surface area contributed by atoms with Gasteiger partial charge in [-0.1, -0.05) is 41.0 Å². The summed E-state index contributed by atoms with van der Waals surface area (Å²) in [5.41, 5.74) is 7.02. The van der Waals surface area contributed by atoms with Crippen LogP contribution < -0.4 is 32.1 Å². The second-order valence-electron chi connectivity index (χ2n) is 8.66. The van der Waals surface area contributed by atoms with Crippen molar-refractivity contribution in [2.45, 2.75) is 92.0 Å². The molecule has 0 radical (unpaired) electrons. The average molecular weight is 402 g/mol. The van der Waals surface area contributed by atoms with Gasteiger partial charge in [0.25, 0.3) is 0 Å². The zero-order valence-electron chi connectivity index (χ0n) is 20.3. The molecule has 0 heterocycles. The van der Waals surface area contributed by atoms with Crippen LogP contribution in [0.2, 0.25) is 0 Å². The van der Waals surface area contributed by atoms with Gasteiger partial charge in [-0.15, -0.1) is 0 Å². The smallest absolute Gasteiger partial charge is 0.146 e. The van der Waals surface area contributed by atoms with E-state index in [0.717, 1.165) is 45.6 Å². The van der Waals surface area contributed by atoms with Crippen LogP contribution in [-0.4, -0.2) is 62.3 Å². The molecule has 0 amide bonds. The molecule has 2 unspecified atom stereocenters. The van der Waals surface area contributed by atoms with Crippen molar-refractivity contribution in [3.05, 3.63) is 0 Å². The van der Waals surface area contributed by atoms with E-state index in [-0.39, 0.29) is 5.54 Å². The minimum atomic E-state index is -0.474. The molecule has 0 aromatic heterocycles. The van der Waals surface area contributed by atoms with Gasteiger partial charge in [0.15, 0.2) is 0 Å². The number of hydrazine groups is 2. The molecule has 170 valence electrons. The number of rotatable bonds is 18. The van der Waals surface area contributed by atoms with Crippen LogP contribution in [0, 0.1) is 5.92 Å². The minimum absolute atomic E-state index is 0.321. The van der Waals surface area contributed by atoms with E-state index in [4.69, 9.17) is 0 Å². The first-order chi connectivity index (χ1) is 13.2. The maximum Gasteiger partial charge on any atom is 0.146 e. The van der Waals surface area contributed by atoms with E-state index < -0.39 is 5.79 Å². The summed E-state index contributed by atoms with van der Waals surface area (Å²) in [5, 5.41) is 17.1. The van der Waals surface area contributed by atoms with Crippen molar-refractivity contribution in [3.63, 3.8) is 0 Å². The molecule has 0 fully saturated rings. The number of hydrogen-bond donors (Lipinski definition) is 6. The van der Waals surface area contributed by atoms with E-state index in [9.17, 15) is 0 Å². The fraction of sp³-hybridized carbons (Fsp3) is 1.00. The monoisotopic (exact) mass is 401 g/mol. The van der Waals surface area contributed by atoms with Gasteiger partial charge in [0.05, 0.1) is 0 Å². The Balaban J connectivity index is 6.08. The molecule has 2 atom stereocenters. The SMILES string of the molecule is CCCCNN(NCC(C)C)C(C)(CNC)C(NCC)(NCCC)NC(C)C. The highest BCUT2D eigenvalue weighted by Crippen LogP contribution is 2.24. The number of unbranched alkanes of at least 4 members (excludes halogenated alkanes) is 1. The number of nitrogens with one attached hydrogen (secondary N) is 6. The van der Waals surface area contributed by atoms with Gasteiger partial charge in [0, 0.05) is 25.7 Å². The standard InChI is InChI=1S/C21H51N7/c1-10-13-15-25-28(26-16-18(4)5)20(8,17-22-9)21(23-12-3,24-14-11-2)27-19(6)7/h18-19,22-27H,10-17H2,1-9H3. The molecule has 0 rings (SSSR count). The molecule has 0 bridgehead atoms. The largest absolute Gasteiger partial charge is 0.318 e. The highest BCUT2D eigenvalue weighted by molar-refractivity contribution is 5.06. The van der Waals surface area contributed by atoms with Crippen LogP contribution in [0.15, 0.2) is 0 Å². The zero-order valence-corrected chi connectivity index (χ0v) is 20.3. The maximum absolute atomic E-state index is 3.83. The Bertz CT molecular complexity index is 378. The Morgan fingerprint density at radius 2 is 1.57 bits per heavy atom. The normalized spacial score (nSPS) is 16.7. The Labute approximate surface area is 175 Å². The van der Waals surface area contributed by atoms with Crippen LogP contribution in [0.5, 0.6) is 0 Å². The van der Waals surface area contributed by atoms with Crippen molar-refractivity contribution in [1.29, 1.82) is 0 Å². The molecule has 0 spiro atoms. The predicted molar refractivity (Wildman–Crippen MR) is 123 cm³/mol. The van der Waals surface area contributed by atoms with Crippen molar-refractivity contribution < 1.29 is 0 Å². The summed E-state index contributed by atoms with van der Waals surface area (Å²) in [5.74, 6) is 0.0856. The quantitative estimate of drug-likeness (QED) is 0.119. The summed E-state index contributed by atoms with van der Waals surface area (Å²) in [6, 6.07) is 0.321. The van der Waals surface area contributed by atoms with Gasteiger partial charge in [-0.3, -0.25) is 16.0 Å². The van der Waals surface area contributed by atoms with Crippen molar-refractivity contribution in [1.82, 2.24) is 37.2 Å². The van der Waals surface area contributed by atoms with Gasteiger partial charge in [-0.05, 0) is 59.7 Å². The molecule has 28 heavy (non-hydrogen) atoms. The van der Waals surface area contributed by atoms with E-state index >= 15 is 0 Å². The van der Waals surface area contributed by atoms with E-state index in [0.29, 0.717) is 12.0 Å². The van der Waals surface area contributed by atoms with Gasteiger partial charge in [0.2, 0.25) is 0 Å². The molecule has 7 heteroatoms. The summed E-state index contributed by atoms with van der Waals surface area (Å²) in [4.78, 5) is 0. The fourth-order valence-electron chi connectivity index (χ4n) is 3.48. The molecule has 0 aliphatic carbocycles. The van der Waals surface area contributed by atoms with Crippen LogP contribution in [0.25, 0.3) is 0 Å². The molecule has 6 N–H and O–H groups in total. The molecule has 0 aromatic rings. The van der Waals surface area contributed by atoms with E-state index in [1.165, 1.54) is 6.42 Å². The van der Waals surface area contributed by atoms with E-state index in [2.05, 4.69) is 92.6 Å². The van der Waals surface area contributed by atoms with Crippen LogP contribution in [0.4, 0.5) is 0 Å². The first kappa shape index (κ1) is 27.7. The lowest BCUT2D eigenvalue weighted by Crippen LogP contribution is -2.86. The molecule has 0 aromatic carbocycles. The maximum atomic E-state index is 3.83. The zero-order chi connectivity index (χ0) is 21.6. The Hall–Kier alpha value is -0.280. The van der Waals surface area contributed by atoms with Gasteiger partial charge >= 0.3 is 0 Å². The lowest BCUT2D eigenvalue weighted by Gasteiger charge is -2.55. The second kappa shape index (κ2) is 14.7. The van der Waals surface area contributed by atoms with Gasteiger partial charge in [-0.2, -0.15) is 5.12 Å². The summed E-state index contributed by atoms with van der Waals surface area (Å²) in [7, 11) is 2.02. The third-order valence-corrected chi connectivity index (χ3v) is 4.87. The summed E-state index contributed by atoms with van der Waals surface area (Å²) >= 11 is 0. The predicted octanol–water partition coefficient (Wildman–Crippen LogP) is 1.99. The van der Waals surface area contributed by atoms with Crippen LogP contribution in [0.3, 0.4) is 0 Å². The third-order valence-electron chi connectivity index (χ3n) is 4.87. The van der Waals surface area contributed by atoms with Gasteiger partial charge < -0.3 is 5.32 Å². The van der Waals surface area contributed by atoms with Gasteiger partial charge in [0.1, 0.15) is 11.3 Å². The van der Waals surface area contributed by atoms with Gasteiger partial charge in [-0.25, -0.2) is 10.9 Å². The van der Waals surface area contributed by atoms with Crippen molar-refractivity contribution in [3.8, 4) is 0 Å². The van der Waals surface area contributed by atoms with Crippen LogP contribution in [-0.2, 0) is 0 Å². The molecular weight excluding hydrogens is 350 g/mol. The van der Waals surface area contributed by atoms with E-state index in [1.807, 2.05) is 7.05 Å². The van der Waals surface area contributed by atoms with Crippen molar-refractivity contribution >= 4 is 0 Å². The molecule has 0 aliphatic heterocycles. The van der Waals surface area contributed by atoms with Crippen molar-refractivity contribution in [2.24, 2.45) is 5.92 Å². The van der Waals surface area contributed by atoms with Crippen molar-refractivity contribution in [2.75, 3.05) is 39.8 Å². The number of nitrogens with zero attached hydrogens (tertiary/aromatic N) is 1. The first-order valence-corrected chi connectivity index (χ1v) is 11.4. The Morgan fingerprint density at radius 1 is 0.893 bits per heavy atom. The average Bonchev–Trinajstić information content (AvgIpc) is 2.62. The van der Waals surface area contributed by atoms with Crippen LogP contribution in [0.1, 0.15) is 74.7 Å². The summed E-state index contributed by atoms with van der Waals surface area (Å²) in [6.07, 6.45) is 3.39. The highest BCUT2D eigenvalue weighted by atomic mass is 15.8. The lowest BCUT2D eigenvalue weighted by molar-refractivity contribution is -0.0960. The van der Waals surface area contributed by atoms with Crippen LogP contribution >= 0.6 is 0 Å². The summed E-state index contributed by atoms with van der Waals surface area (Å²) in [6.45, 7) is 22.2. The Kier molecular flexibility index (Phi) is 14.5. The first-order valence-electron chi connectivity index (χ1n) is 11.4. The Morgan fingerprint density at radius 3 is 2.04 bits per heavy atom. The summed E-state index contributed by atoms with van der Waals surface area (Å²) < 4.78 is 0. The lowest BCUT2D eigenvalue weighted by atomic mass is 9.90. The van der Waals surface area contributed by atoms with E-state index in [1.54, 1.807) is 0 Å². The second-order valence-corrected chi connectivity index (χ2v) is 8.66. The fourth-order valence-corrected chi connectivity index (χ4v) is 3.48. The highest BCUT2D eigenvalue weighted by Gasteiger charge is 2.52. The molecule has 7 nitrogen and oxygen atoms in total. The molecular formula is C21H51N7.